The molecule has 0 bridgehead atoms. The molecule has 0 unspecified atom stereocenters. The Balaban J connectivity index is 1.34. The highest BCUT2D eigenvalue weighted by molar-refractivity contribution is 7.99. The van der Waals surface area contributed by atoms with Gasteiger partial charge in [-0.3, -0.25) is 9.59 Å². The molecule has 2 heterocycles. The molecule has 2 N–H and O–H groups in total. The third-order valence-electron chi connectivity index (χ3n) is 4.30. The third kappa shape index (κ3) is 5.37. The van der Waals surface area contributed by atoms with Gasteiger partial charge in [0, 0.05) is 29.2 Å². The Hall–Kier alpha value is -3.91. The van der Waals surface area contributed by atoms with E-state index in [1.165, 1.54) is 11.8 Å². The van der Waals surface area contributed by atoms with E-state index in [1.54, 1.807) is 41.3 Å². The molecule has 0 radical (unpaired) electrons. The molecule has 0 spiro atoms. The molecule has 8 heteroatoms. The molecule has 4 aromatic rings. The van der Waals surface area contributed by atoms with E-state index in [-0.39, 0.29) is 18.4 Å². The number of aromatic nitrogens is 3. The molecule has 7 nitrogen and oxygen atoms in total. The minimum absolute atomic E-state index is 0.149. The Labute approximate surface area is 183 Å². The van der Waals surface area contributed by atoms with E-state index in [0.717, 1.165) is 10.6 Å². The second-order valence-corrected chi connectivity index (χ2v) is 7.56. The van der Waals surface area contributed by atoms with Gasteiger partial charge < -0.3 is 10.6 Å². The summed E-state index contributed by atoms with van der Waals surface area (Å²) in [7, 11) is 0. The molecule has 154 valence electrons. The Morgan fingerprint density at radius 2 is 1.71 bits per heavy atom. The molecular weight excluding hydrogens is 410 g/mol. The predicted octanol–water partition coefficient (Wildman–Crippen LogP) is 3.79. The zero-order valence-corrected chi connectivity index (χ0v) is 17.3. The molecule has 0 aliphatic heterocycles. The summed E-state index contributed by atoms with van der Waals surface area (Å²) in [6.45, 7) is -0.149. The van der Waals surface area contributed by atoms with Gasteiger partial charge in [0.1, 0.15) is 5.03 Å². The van der Waals surface area contributed by atoms with Crippen LogP contribution in [0.4, 0.5) is 5.69 Å². The number of rotatable bonds is 7. The molecule has 0 saturated carbocycles. The van der Waals surface area contributed by atoms with E-state index in [2.05, 4.69) is 20.7 Å². The number of hydrogen-bond acceptors (Lipinski definition) is 5. The summed E-state index contributed by atoms with van der Waals surface area (Å²) in [6.07, 6.45) is 5.18. The third-order valence-corrected chi connectivity index (χ3v) is 5.33. The molecule has 0 fully saturated rings. The number of benzene rings is 2. The molecule has 2 aromatic carbocycles. The first-order valence-corrected chi connectivity index (χ1v) is 10.4. The summed E-state index contributed by atoms with van der Waals surface area (Å²) in [5.41, 5.74) is 1.95. The summed E-state index contributed by atoms with van der Waals surface area (Å²) in [6, 6.07) is 22.2. The van der Waals surface area contributed by atoms with Crippen LogP contribution in [-0.4, -0.2) is 33.1 Å². The fourth-order valence-corrected chi connectivity index (χ4v) is 3.73. The summed E-state index contributed by atoms with van der Waals surface area (Å²) in [5, 5.41) is 10.2. The second kappa shape index (κ2) is 9.73. The SMILES string of the molecule is O=C(CNC(=O)c1cccnc1Sc1ccccc1)Nc1ccc(-n2cccn2)cc1. The molecule has 0 aliphatic carbocycles. The highest BCUT2D eigenvalue weighted by atomic mass is 32.2. The highest BCUT2D eigenvalue weighted by Gasteiger charge is 2.14. The predicted molar refractivity (Wildman–Crippen MR) is 119 cm³/mol. The average Bonchev–Trinajstić information content (AvgIpc) is 3.34. The van der Waals surface area contributed by atoms with E-state index in [1.807, 2.05) is 54.7 Å². The van der Waals surface area contributed by atoms with Crippen LogP contribution in [-0.2, 0) is 4.79 Å². The Kier molecular flexibility index (Phi) is 6.39. The Bertz CT molecular complexity index is 1160. The minimum Gasteiger partial charge on any atom is -0.343 e. The van der Waals surface area contributed by atoms with E-state index < -0.39 is 0 Å². The number of amides is 2. The average molecular weight is 430 g/mol. The van der Waals surface area contributed by atoms with Crippen LogP contribution in [0.1, 0.15) is 10.4 Å². The number of nitrogens with zero attached hydrogens (tertiary/aromatic N) is 3. The second-order valence-electron chi connectivity index (χ2n) is 6.50. The van der Waals surface area contributed by atoms with Crippen molar-refractivity contribution in [3.05, 3.63) is 97.0 Å². The van der Waals surface area contributed by atoms with E-state index in [4.69, 9.17) is 0 Å². The molecular formula is C23H19N5O2S. The van der Waals surface area contributed by atoms with Crippen molar-refractivity contribution in [2.24, 2.45) is 0 Å². The number of pyridine rings is 1. The van der Waals surface area contributed by atoms with Gasteiger partial charge in [-0.1, -0.05) is 30.0 Å². The van der Waals surface area contributed by atoms with Crippen molar-refractivity contribution in [2.75, 3.05) is 11.9 Å². The first-order chi connectivity index (χ1) is 15.2. The molecule has 4 rings (SSSR count). The zero-order chi connectivity index (χ0) is 21.5. The summed E-state index contributed by atoms with van der Waals surface area (Å²) >= 11 is 1.40. The standard InChI is InChI=1S/C23H19N5O2S/c29-21(27-17-9-11-18(12-10-17)28-15-5-14-26-28)16-25-22(30)20-8-4-13-24-23(20)31-19-6-2-1-3-7-19/h1-15H,16H2,(H,25,30)(H,27,29). The lowest BCUT2D eigenvalue weighted by molar-refractivity contribution is -0.115. The molecule has 31 heavy (non-hydrogen) atoms. The van der Waals surface area contributed by atoms with Gasteiger partial charge in [0.05, 0.1) is 17.8 Å². The van der Waals surface area contributed by atoms with Crippen LogP contribution in [0.5, 0.6) is 0 Å². The Morgan fingerprint density at radius 3 is 2.45 bits per heavy atom. The van der Waals surface area contributed by atoms with Crippen LogP contribution in [0.15, 0.2) is 101 Å². The summed E-state index contributed by atoms with van der Waals surface area (Å²) in [4.78, 5) is 30.2. The first-order valence-electron chi connectivity index (χ1n) is 9.55. The molecule has 2 aromatic heterocycles. The maximum Gasteiger partial charge on any atom is 0.254 e. The van der Waals surface area contributed by atoms with Gasteiger partial charge in [0.2, 0.25) is 5.91 Å². The maximum atomic E-state index is 12.6. The lowest BCUT2D eigenvalue weighted by Crippen LogP contribution is -2.33. The van der Waals surface area contributed by atoms with Crippen molar-refractivity contribution in [3.63, 3.8) is 0 Å². The van der Waals surface area contributed by atoms with E-state index in [0.29, 0.717) is 16.3 Å². The topological polar surface area (TPSA) is 88.9 Å². The monoisotopic (exact) mass is 429 g/mol. The van der Waals surface area contributed by atoms with Gasteiger partial charge in [-0.15, -0.1) is 0 Å². The van der Waals surface area contributed by atoms with Gasteiger partial charge in [0.25, 0.3) is 5.91 Å². The molecule has 0 atom stereocenters. The quantitative estimate of drug-likeness (QED) is 0.467. The van der Waals surface area contributed by atoms with Crippen LogP contribution in [0.2, 0.25) is 0 Å². The maximum absolute atomic E-state index is 12.6. The van der Waals surface area contributed by atoms with Gasteiger partial charge in [-0.05, 0) is 54.6 Å². The number of anilines is 1. The Morgan fingerprint density at radius 1 is 0.903 bits per heavy atom. The highest BCUT2D eigenvalue weighted by Crippen LogP contribution is 2.28. The van der Waals surface area contributed by atoms with Crippen LogP contribution in [0.3, 0.4) is 0 Å². The number of carbonyl (C=O) groups excluding carboxylic acids is 2. The van der Waals surface area contributed by atoms with Crippen molar-refractivity contribution in [2.45, 2.75) is 9.92 Å². The van der Waals surface area contributed by atoms with Gasteiger partial charge in [-0.2, -0.15) is 5.10 Å². The molecule has 2 amide bonds. The lowest BCUT2D eigenvalue weighted by Gasteiger charge is -2.10. The fraction of sp³-hybridized carbons (Fsp3) is 0.0435. The molecule has 0 aliphatic rings. The molecule has 0 saturated heterocycles. The van der Waals surface area contributed by atoms with Crippen LogP contribution < -0.4 is 10.6 Å². The number of carbonyl (C=O) groups is 2. The zero-order valence-electron chi connectivity index (χ0n) is 16.4. The lowest BCUT2D eigenvalue weighted by atomic mass is 10.2. The summed E-state index contributed by atoms with van der Waals surface area (Å²) in [5.74, 6) is -0.669. The summed E-state index contributed by atoms with van der Waals surface area (Å²) < 4.78 is 1.73. The van der Waals surface area contributed by atoms with Crippen molar-refractivity contribution < 1.29 is 9.59 Å². The van der Waals surface area contributed by atoms with Crippen molar-refractivity contribution in [1.29, 1.82) is 0 Å². The minimum atomic E-state index is -0.351. The van der Waals surface area contributed by atoms with Gasteiger partial charge in [-0.25, -0.2) is 9.67 Å². The van der Waals surface area contributed by atoms with Crippen molar-refractivity contribution in [3.8, 4) is 5.69 Å². The van der Waals surface area contributed by atoms with E-state index in [9.17, 15) is 9.59 Å². The van der Waals surface area contributed by atoms with E-state index >= 15 is 0 Å². The van der Waals surface area contributed by atoms with Crippen LogP contribution in [0.25, 0.3) is 5.69 Å². The smallest absolute Gasteiger partial charge is 0.254 e. The van der Waals surface area contributed by atoms with Crippen molar-refractivity contribution in [1.82, 2.24) is 20.1 Å². The fourth-order valence-electron chi connectivity index (χ4n) is 2.83. The van der Waals surface area contributed by atoms with Crippen LogP contribution in [0, 0.1) is 0 Å². The number of hydrogen-bond donors (Lipinski definition) is 2. The first kappa shape index (κ1) is 20.4. The number of nitrogens with one attached hydrogen (secondary N) is 2. The van der Waals surface area contributed by atoms with Crippen LogP contribution >= 0.6 is 11.8 Å². The largest absolute Gasteiger partial charge is 0.343 e. The van der Waals surface area contributed by atoms with Gasteiger partial charge >= 0.3 is 0 Å². The van der Waals surface area contributed by atoms with Crippen molar-refractivity contribution >= 4 is 29.3 Å². The normalized spacial score (nSPS) is 10.5. The van der Waals surface area contributed by atoms with Gasteiger partial charge in [0.15, 0.2) is 0 Å².